The van der Waals surface area contributed by atoms with Crippen molar-refractivity contribution in [1.29, 1.82) is 0 Å². The molecule has 0 aliphatic heterocycles. The third kappa shape index (κ3) is 2.12. The average Bonchev–Trinajstić information content (AvgIpc) is 3.05. The van der Waals surface area contributed by atoms with Crippen molar-refractivity contribution in [2.24, 2.45) is 12.8 Å². The Hall–Kier alpha value is -2.07. The van der Waals surface area contributed by atoms with Gasteiger partial charge in [-0.1, -0.05) is 19.1 Å². The number of hydrogen-bond acceptors (Lipinski definition) is 3. The average molecular weight is 269 g/mol. The number of nitrogens with two attached hydrogens (primary N) is 1. The van der Waals surface area contributed by atoms with Crippen molar-refractivity contribution in [2.45, 2.75) is 25.8 Å². The van der Waals surface area contributed by atoms with E-state index in [0.717, 1.165) is 34.6 Å². The van der Waals surface area contributed by atoms with E-state index in [4.69, 9.17) is 10.2 Å². The Kier molecular flexibility index (Phi) is 3.32. The van der Waals surface area contributed by atoms with Crippen molar-refractivity contribution in [3.05, 3.63) is 53.7 Å². The molecule has 0 aliphatic rings. The Labute approximate surface area is 118 Å². The monoisotopic (exact) mass is 269 g/mol. The number of rotatable bonds is 4. The van der Waals surface area contributed by atoms with Crippen LogP contribution in [0.3, 0.4) is 0 Å². The number of furan rings is 1. The topological polar surface area (TPSA) is 57.0 Å². The van der Waals surface area contributed by atoms with E-state index in [1.165, 1.54) is 0 Å². The minimum atomic E-state index is -0.0841. The van der Waals surface area contributed by atoms with E-state index in [0.29, 0.717) is 6.42 Å². The van der Waals surface area contributed by atoms with Crippen molar-refractivity contribution in [3.63, 3.8) is 0 Å². The molecule has 4 nitrogen and oxygen atoms in total. The summed E-state index contributed by atoms with van der Waals surface area (Å²) in [6, 6.07) is 10.0. The van der Waals surface area contributed by atoms with Gasteiger partial charge in [0.25, 0.3) is 0 Å². The van der Waals surface area contributed by atoms with E-state index < -0.39 is 0 Å². The lowest BCUT2D eigenvalue weighted by Crippen LogP contribution is -2.16. The molecule has 104 valence electrons. The number of benzene rings is 1. The first-order chi connectivity index (χ1) is 9.70. The molecule has 0 aliphatic carbocycles. The van der Waals surface area contributed by atoms with Crippen molar-refractivity contribution >= 4 is 11.0 Å². The molecule has 4 heteroatoms. The summed E-state index contributed by atoms with van der Waals surface area (Å²) in [5.74, 6) is 1.97. The molecule has 1 atom stereocenters. The number of aromatic nitrogens is 2. The predicted molar refractivity (Wildman–Crippen MR) is 79.4 cm³/mol. The van der Waals surface area contributed by atoms with Gasteiger partial charge in [0.05, 0.1) is 17.3 Å². The van der Waals surface area contributed by atoms with Crippen molar-refractivity contribution in [1.82, 2.24) is 9.55 Å². The highest BCUT2D eigenvalue weighted by molar-refractivity contribution is 5.75. The number of aryl methyl sites for hydroxylation is 2. The van der Waals surface area contributed by atoms with E-state index in [-0.39, 0.29) is 6.04 Å². The maximum absolute atomic E-state index is 6.33. The van der Waals surface area contributed by atoms with E-state index in [2.05, 4.69) is 22.5 Å². The molecule has 3 rings (SSSR count). The smallest absolute Gasteiger partial charge is 0.111 e. The van der Waals surface area contributed by atoms with Crippen LogP contribution in [0.1, 0.15) is 30.1 Å². The lowest BCUT2D eigenvalue weighted by molar-refractivity contribution is 0.504. The summed E-state index contributed by atoms with van der Waals surface area (Å²) in [7, 11) is 2.04. The van der Waals surface area contributed by atoms with Crippen LogP contribution in [0.2, 0.25) is 0 Å². The molecule has 0 spiro atoms. The lowest BCUT2D eigenvalue weighted by atomic mass is 10.0. The van der Waals surface area contributed by atoms with Gasteiger partial charge in [-0.2, -0.15) is 0 Å². The Morgan fingerprint density at radius 2 is 2.10 bits per heavy atom. The van der Waals surface area contributed by atoms with Gasteiger partial charge in [0, 0.05) is 31.5 Å². The number of para-hydroxylation sites is 2. The molecule has 0 saturated heterocycles. The van der Waals surface area contributed by atoms with Crippen LogP contribution in [-0.2, 0) is 19.9 Å². The third-order valence-electron chi connectivity index (χ3n) is 3.78. The van der Waals surface area contributed by atoms with Crippen LogP contribution in [-0.4, -0.2) is 9.55 Å². The second-order valence-electron chi connectivity index (χ2n) is 5.04. The fourth-order valence-corrected chi connectivity index (χ4v) is 2.65. The van der Waals surface area contributed by atoms with Crippen molar-refractivity contribution in [2.75, 3.05) is 0 Å². The maximum atomic E-state index is 6.33. The van der Waals surface area contributed by atoms with Gasteiger partial charge >= 0.3 is 0 Å². The standard InChI is InChI=1S/C16H19N3O/c1-3-15-11(8-9-20-15)12(17)10-16-18-13-6-4-5-7-14(13)19(16)2/h4-9,12H,3,10,17H2,1-2H3. The van der Waals surface area contributed by atoms with E-state index in [1.807, 2.05) is 31.3 Å². The molecule has 2 N–H and O–H groups in total. The minimum absolute atomic E-state index is 0.0841. The summed E-state index contributed by atoms with van der Waals surface area (Å²) >= 11 is 0. The highest BCUT2D eigenvalue weighted by Crippen LogP contribution is 2.23. The van der Waals surface area contributed by atoms with Gasteiger partial charge in [0.15, 0.2) is 0 Å². The molecule has 2 heterocycles. The van der Waals surface area contributed by atoms with Gasteiger partial charge in [-0.15, -0.1) is 0 Å². The molecule has 0 radical (unpaired) electrons. The molecule has 0 fully saturated rings. The van der Waals surface area contributed by atoms with E-state index >= 15 is 0 Å². The molecule has 1 aromatic carbocycles. The Bertz CT molecular complexity index is 726. The van der Waals surface area contributed by atoms with Crippen LogP contribution in [0.4, 0.5) is 0 Å². The Morgan fingerprint density at radius 1 is 1.30 bits per heavy atom. The summed E-state index contributed by atoms with van der Waals surface area (Å²) in [5, 5.41) is 0. The van der Waals surface area contributed by atoms with Gasteiger partial charge < -0.3 is 14.7 Å². The Morgan fingerprint density at radius 3 is 2.85 bits per heavy atom. The van der Waals surface area contributed by atoms with Crippen LogP contribution in [0.15, 0.2) is 41.0 Å². The fraction of sp³-hybridized carbons (Fsp3) is 0.312. The normalized spacial score (nSPS) is 12.9. The first kappa shape index (κ1) is 12.9. The zero-order chi connectivity index (χ0) is 14.1. The summed E-state index contributed by atoms with van der Waals surface area (Å²) in [6.45, 7) is 2.07. The highest BCUT2D eigenvalue weighted by Gasteiger charge is 2.17. The van der Waals surface area contributed by atoms with Gasteiger partial charge in [0.1, 0.15) is 11.6 Å². The summed E-state index contributed by atoms with van der Waals surface area (Å²) in [5.41, 5.74) is 9.56. The molecular formula is C16H19N3O. The maximum Gasteiger partial charge on any atom is 0.111 e. The lowest BCUT2D eigenvalue weighted by Gasteiger charge is -2.11. The molecule has 3 aromatic rings. The first-order valence-electron chi connectivity index (χ1n) is 6.93. The largest absolute Gasteiger partial charge is 0.469 e. The van der Waals surface area contributed by atoms with E-state index in [1.54, 1.807) is 6.26 Å². The molecular weight excluding hydrogens is 250 g/mol. The van der Waals surface area contributed by atoms with Crippen LogP contribution in [0, 0.1) is 0 Å². The summed E-state index contributed by atoms with van der Waals surface area (Å²) < 4.78 is 7.57. The van der Waals surface area contributed by atoms with Crippen LogP contribution in [0.25, 0.3) is 11.0 Å². The highest BCUT2D eigenvalue weighted by atomic mass is 16.3. The SMILES string of the molecule is CCc1occc1C(N)Cc1nc2ccccc2n1C. The second-order valence-corrected chi connectivity index (χ2v) is 5.04. The quantitative estimate of drug-likeness (QED) is 0.792. The van der Waals surface area contributed by atoms with Crippen molar-refractivity contribution < 1.29 is 4.42 Å². The van der Waals surface area contributed by atoms with Gasteiger partial charge in [-0.25, -0.2) is 4.98 Å². The second kappa shape index (κ2) is 5.13. The van der Waals surface area contributed by atoms with Crippen molar-refractivity contribution in [3.8, 4) is 0 Å². The number of nitrogens with zero attached hydrogens (tertiary/aromatic N) is 2. The molecule has 0 bridgehead atoms. The number of imidazole rings is 1. The predicted octanol–water partition coefficient (Wildman–Crippen LogP) is 2.97. The van der Waals surface area contributed by atoms with Crippen LogP contribution in [0.5, 0.6) is 0 Å². The fourth-order valence-electron chi connectivity index (χ4n) is 2.65. The molecule has 2 aromatic heterocycles. The summed E-state index contributed by atoms with van der Waals surface area (Å²) in [4.78, 5) is 4.67. The molecule has 1 unspecified atom stereocenters. The molecule has 0 amide bonds. The summed E-state index contributed by atoms with van der Waals surface area (Å²) in [6.07, 6.45) is 3.28. The number of hydrogen-bond donors (Lipinski definition) is 1. The molecule has 20 heavy (non-hydrogen) atoms. The first-order valence-corrected chi connectivity index (χ1v) is 6.93. The third-order valence-corrected chi connectivity index (χ3v) is 3.78. The number of fused-ring (bicyclic) bond motifs is 1. The van der Waals surface area contributed by atoms with Gasteiger partial charge in [0.2, 0.25) is 0 Å². The zero-order valence-corrected chi connectivity index (χ0v) is 11.8. The molecule has 0 saturated carbocycles. The van der Waals surface area contributed by atoms with Crippen LogP contribution >= 0.6 is 0 Å². The van der Waals surface area contributed by atoms with E-state index in [9.17, 15) is 0 Å². The van der Waals surface area contributed by atoms with Gasteiger partial charge in [-0.3, -0.25) is 0 Å². The zero-order valence-electron chi connectivity index (χ0n) is 11.8. The minimum Gasteiger partial charge on any atom is -0.469 e. The Balaban J connectivity index is 1.91. The van der Waals surface area contributed by atoms with Crippen LogP contribution < -0.4 is 5.73 Å². The van der Waals surface area contributed by atoms with Gasteiger partial charge in [-0.05, 0) is 18.2 Å².